The predicted octanol–water partition coefficient (Wildman–Crippen LogP) is 3.98. The highest BCUT2D eigenvalue weighted by Gasteiger charge is 2.49. The summed E-state index contributed by atoms with van der Waals surface area (Å²) < 4.78 is 0. The maximum Gasteiger partial charge on any atom is 0.325 e. The number of anilines is 2. The molecule has 2 N–H and O–H groups in total. The van der Waals surface area contributed by atoms with Gasteiger partial charge in [-0.25, -0.2) is 4.79 Å². The van der Waals surface area contributed by atoms with Crippen LogP contribution >= 0.6 is 11.6 Å². The topological polar surface area (TPSA) is 81.8 Å². The van der Waals surface area contributed by atoms with Crippen molar-refractivity contribution in [1.82, 2.24) is 10.2 Å². The number of nitrogens with one attached hydrogen (secondary N) is 2. The number of urea groups is 1. The molecule has 2 aromatic rings. The summed E-state index contributed by atoms with van der Waals surface area (Å²) in [7, 11) is 0. The third kappa shape index (κ3) is 4.66. The van der Waals surface area contributed by atoms with Crippen LogP contribution < -0.4 is 15.5 Å². The molecule has 0 unspecified atom stereocenters. The third-order valence-electron chi connectivity index (χ3n) is 5.45. The minimum absolute atomic E-state index is 0.361. The van der Waals surface area contributed by atoms with Gasteiger partial charge in [-0.3, -0.25) is 14.5 Å². The Balaban J connectivity index is 1.67. The maximum atomic E-state index is 13.0. The van der Waals surface area contributed by atoms with Gasteiger partial charge in [0.1, 0.15) is 12.1 Å². The fourth-order valence-electron chi connectivity index (χ4n) is 3.75. The Kier molecular flexibility index (Phi) is 6.55. The van der Waals surface area contributed by atoms with E-state index in [9.17, 15) is 14.4 Å². The average Bonchev–Trinajstić information content (AvgIpc) is 2.94. The number of nitrogens with zero attached hydrogens (tertiary/aromatic N) is 2. The van der Waals surface area contributed by atoms with Gasteiger partial charge in [0.25, 0.3) is 5.91 Å². The standard InChI is InChI=1S/C23H27ClN4O3/c1-5-27(15(2)3)19-12-10-18(11-13-19)25-20(29)14-28-21(30)23(4,26-22(28)31)16-6-8-17(24)9-7-16/h6-13,15H,5,14H2,1-4H3,(H,25,29)(H,26,31)/t23-/m0/s1. The lowest BCUT2D eigenvalue weighted by Crippen LogP contribution is -2.42. The lowest BCUT2D eigenvalue weighted by molar-refractivity contribution is -0.133. The van der Waals surface area contributed by atoms with Crippen LogP contribution in [0.5, 0.6) is 0 Å². The van der Waals surface area contributed by atoms with E-state index < -0.39 is 23.4 Å². The number of carbonyl (C=O) groups excluding carboxylic acids is 3. The summed E-state index contributed by atoms with van der Waals surface area (Å²) in [6.07, 6.45) is 0. The molecule has 2 aromatic carbocycles. The van der Waals surface area contributed by atoms with Crippen LogP contribution in [0.4, 0.5) is 16.2 Å². The Morgan fingerprint density at radius 1 is 1.13 bits per heavy atom. The van der Waals surface area contributed by atoms with E-state index in [1.54, 1.807) is 31.2 Å². The fraction of sp³-hybridized carbons (Fsp3) is 0.348. The number of imide groups is 1. The number of carbonyl (C=O) groups is 3. The first kappa shape index (κ1) is 22.6. The second-order valence-corrected chi connectivity index (χ2v) is 8.36. The van der Waals surface area contributed by atoms with E-state index in [-0.39, 0.29) is 6.54 Å². The van der Waals surface area contributed by atoms with Crippen molar-refractivity contribution in [3.63, 3.8) is 0 Å². The molecule has 0 aliphatic carbocycles. The zero-order valence-corrected chi connectivity index (χ0v) is 18.9. The number of hydrogen-bond acceptors (Lipinski definition) is 4. The zero-order chi connectivity index (χ0) is 22.8. The second kappa shape index (κ2) is 8.98. The van der Waals surface area contributed by atoms with Crippen LogP contribution in [0.1, 0.15) is 33.3 Å². The molecule has 8 heteroatoms. The van der Waals surface area contributed by atoms with Crippen LogP contribution in [0.2, 0.25) is 5.02 Å². The Morgan fingerprint density at radius 2 is 1.74 bits per heavy atom. The molecule has 31 heavy (non-hydrogen) atoms. The lowest BCUT2D eigenvalue weighted by Gasteiger charge is -2.27. The van der Waals surface area contributed by atoms with Crippen molar-refractivity contribution in [3.8, 4) is 0 Å². The van der Waals surface area contributed by atoms with E-state index in [2.05, 4.69) is 36.3 Å². The molecule has 1 fully saturated rings. The van der Waals surface area contributed by atoms with Crippen molar-refractivity contribution in [2.45, 2.75) is 39.3 Å². The molecule has 7 nitrogen and oxygen atoms in total. The Morgan fingerprint density at radius 3 is 2.29 bits per heavy atom. The number of benzene rings is 2. The van der Waals surface area contributed by atoms with Crippen LogP contribution in [0.15, 0.2) is 48.5 Å². The molecule has 0 aromatic heterocycles. The van der Waals surface area contributed by atoms with Gasteiger partial charge in [0.15, 0.2) is 0 Å². The van der Waals surface area contributed by atoms with Gasteiger partial charge in [0.2, 0.25) is 5.91 Å². The smallest absolute Gasteiger partial charge is 0.325 e. The molecule has 1 atom stereocenters. The van der Waals surface area contributed by atoms with Crippen molar-refractivity contribution in [3.05, 3.63) is 59.1 Å². The monoisotopic (exact) mass is 442 g/mol. The zero-order valence-electron chi connectivity index (χ0n) is 18.1. The highest BCUT2D eigenvalue weighted by atomic mass is 35.5. The average molecular weight is 443 g/mol. The summed E-state index contributed by atoms with van der Waals surface area (Å²) in [5.74, 6) is -0.936. The summed E-state index contributed by atoms with van der Waals surface area (Å²) in [4.78, 5) is 41.1. The van der Waals surface area contributed by atoms with Crippen molar-refractivity contribution < 1.29 is 14.4 Å². The molecule has 0 saturated carbocycles. The normalized spacial score (nSPS) is 18.3. The van der Waals surface area contributed by atoms with Crippen LogP contribution in [0, 0.1) is 0 Å². The summed E-state index contributed by atoms with van der Waals surface area (Å²) >= 11 is 5.92. The number of amides is 4. The number of rotatable bonds is 7. The molecule has 1 heterocycles. The SMILES string of the molecule is CCN(c1ccc(NC(=O)CN2C(=O)N[C@@](C)(c3ccc(Cl)cc3)C2=O)cc1)C(C)C. The van der Waals surface area contributed by atoms with E-state index >= 15 is 0 Å². The second-order valence-electron chi connectivity index (χ2n) is 7.93. The fourth-order valence-corrected chi connectivity index (χ4v) is 3.87. The first-order valence-electron chi connectivity index (χ1n) is 10.2. The third-order valence-corrected chi connectivity index (χ3v) is 5.70. The molecule has 164 valence electrons. The summed E-state index contributed by atoms with van der Waals surface area (Å²) in [5, 5.41) is 5.96. The van der Waals surface area contributed by atoms with Gasteiger partial charge in [-0.1, -0.05) is 23.7 Å². The lowest BCUT2D eigenvalue weighted by atomic mass is 9.92. The van der Waals surface area contributed by atoms with Crippen LogP contribution in [-0.4, -0.2) is 41.9 Å². The van der Waals surface area contributed by atoms with Crippen molar-refractivity contribution in [1.29, 1.82) is 0 Å². The highest BCUT2D eigenvalue weighted by molar-refractivity contribution is 6.30. The van der Waals surface area contributed by atoms with Gasteiger partial charge in [0.05, 0.1) is 0 Å². The molecule has 0 radical (unpaired) electrons. The molecular weight excluding hydrogens is 416 g/mol. The highest BCUT2D eigenvalue weighted by Crippen LogP contribution is 2.29. The van der Waals surface area contributed by atoms with Crippen LogP contribution in [0.3, 0.4) is 0 Å². The maximum absolute atomic E-state index is 13.0. The first-order chi connectivity index (χ1) is 14.7. The van der Waals surface area contributed by atoms with Gasteiger partial charge >= 0.3 is 6.03 Å². The van der Waals surface area contributed by atoms with Gasteiger partial charge in [0, 0.05) is 29.0 Å². The van der Waals surface area contributed by atoms with E-state index in [0.717, 1.165) is 17.1 Å². The predicted molar refractivity (Wildman–Crippen MR) is 122 cm³/mol. The summed E-state index contributed by atoms with van der Waals surface area (Å²) in [5.41, 5.74) is 1.01. The molecule has 0 spiro atoms. The largest absolute Gasteiger partial charge is 0.369 e. The minimum atomic E-state index is -1.25. The molecule has 0 bridgehead atoms. The number of halogens is 1. The van der Waals surface area contributed by atoms with Crippen LogP contribution in [-0.2, 0) is 15.1 Å². The van der Waals surface area contributed by atoms with E-state index in [1.165, 1.54) is 0 Å². The molecule has 1 saturated heterocycles. The first-order valence-corrected chi connectivity index (χ1v) is 10.6. The Bertz CT molecular complexity index is 975. The van der Waals surface area contributed by atoms with Crippen LogP contribution in [0.25, 0.3) is 0 Å². The molecular formula is C23H27ClN4O3. The molecule has 1 aliphatic rings. The van der Waals surface area contributed by atoms with Gasteiger partial charge < -0.3 is 15.5 Å². The van der Waals surface area contributed by atoms with Crippen molar-refractivity contribution >= 4 is 40.8 Å². The number of hydrogen-bond donors (Lipinski definition) is 2. The quantitative estimate of drug-likeness (QED) is 0.635. The van der Waals surface area contributed by atoms with E-state index in [0.29, 0.717) is 22.3 Å². The molecule has 1 aliphatic heterocycles. The Hall–Kier alpha value is -3.06. The molecule has 4 amide bonds. The van der Waals surface area contributed by atoms with Gasteiger partial charge in [-0.05, 0) is 69.7 Å². The van der Waals surface area contributed by atoms with E-state index in [4.69, 9.17) is 11.6 Å². The van der Waals surface area contributed by atoms with E-state index in [1.807, 2.05) is 24.3 Å². The van der Waals surface area contributed by atoms with Gasteiger partial charge in [-0.2, -0.15) is 0 Å². The summed E-state index contributed by atoms with van der Waals surface area (Å²) in [6, 6.07) is 13.9. The van der Waals surface area contributed by atoms with Gasteiger partial charge in [-0.15, -0.1) is 0 Å². The van der Waals surface area contributed by atoms with Crippen molar-refractivity contribution in [2.24, 2.45) is 0 Å². The minimum Gasteiger partial charge on any atom is -0.369 e. The van der Waals surface area contributed by atoms with Crippen molar-refractivity contribution in [2.75, 3.05) is 23.3 Å². The summed E-state index contributed by atoms with van der Waals surface area (Å²) in [6.45, 7) is 8.45. The molecule has 3 rings (SSSR count). The Labute approximate surface area is 187 Å².